The van der Waals surface area contributed by atoms with Gasteiger partial charge < -0.3 is 4.74 Å². The van der Waals surface area contributed by atoms with E-state index in [9.17, 15) is 9.59 Å². The first-order valence-electron chi connectivity index (χ1n) is 5.87. The Labute approximate surface area is 116 Å². The van der Waals surface area contributed by atoms with Gasteiger partial charge in [0, 0.05) is 11.5 Å². The number of esters is 1. The van der Waals surface area contributed by atoms with Crippen molar-refractivity contribution in [2.75, 3.05) is 12.9 Å². The number of hydrogen-bond donors (Lipinski definition) is 2. The van der Waals surface area contributed by atoms with Crippen LogP contribution in [0.1, 0.15) is 17.5 Å². The number of hydrazine groups is 1. The number of rotatable bonds is 7. The second kappa shape index (κ2) is 8.55. The predicted octanol–water partition coefficient (Wildman–Crippen LogP) is 1.02. The summed E-state index contributed by atoms with van der Waals surface area (Å²) >= 11 is 1.67. The van der Waals surface area contributed by atoms with Crippen LogP contribution in [0.3, 0.4) is 0 Å². The third-order valence-corrected chi connectivity index (χ3v) is 3.53. The molecule has 1 aromatic rings. The van der Waals surface area contributed by atoms with Crippen LogP contribution >= 0.6 is 11.8 Å². The average molecular weight is 282 g/mol. The van der Waals surface area contributed by atoms with E-state index in [1.807, 2.05) is 24.3 Å². The molecule has 0 heterocycles. The number of benzene rings is 1. The lowest BCUT2D eigenvalue weighted by atomic mass is 10.1. The monoisotopic (exact) mass is 282 g/mol. The SMILES string of the molecule is COC(=O)CCSCc1ccc(CC(=O)NN)cc1. The number of amides is 1. The van der Waals surface area contributed by atoms with Gasteiger partial charge in [-0.15, -0.1) is 0 Å². The van der Waals surface area contributed by atoms with Gasteiger partial charge in [-0.25, -0.2) is 5.84 Å². The van der Waals surface area contributed by atoms with Crippen LogP contribution in [0.4, 0.5) is 0 Å². The first-order chi connectivity index (χ1) is 9.15. The van der Waals surface area contributed by atoms with Gasteiger partial charge in [-0.2, -0.15) is 11.8 Å². The third kappa shape index (κ3) is 6.26. The van der Waals surface area contributed by atoms with Crippen LogP contribution in [-0.4, -0.2) is 24.7 Å². The summed E-state index contributed by atoms with van der Waals surface area (Å²) in [4.78, 5) is 22.0. The molecule has 1 aromatic carbocycles. The summed E-state index contributed by atoms with van der Waals surface area (Å²) in [5, 5.41) is 0. The number of ether oxygens (including phenoxy) is 1. The molecule has 5 nitrogen and oxygen atoms in total. The fourth-order valence-electron chi connectivity index (χ4n) is 1.44. The molecule has 104 valence electrons. The van der Waals surface area contributed by atoms with E-state index < -0.39 is 0 Å². The van der Waals surface area contributed by atoms with Crippen molar-refractivity contribution in [2.24, 2.45) is 5.84 Å². The molecule has 0 saturated heterocycles. The first-order valence-corrected chi connectivity index (χ1v) is 7.03. The van der Waals surface area contributed by atoms with Gasteiger partial charge >= 0.3 is 5.97 Å². The van der Waals surface area contributed by atoms with Gasteiger partial charge in [-0.1, -0.05) is 24.3 Å². The largest absolute Gasteiger partial charge is 0.469 e. The Hall–Kier alpha value is -1.53. The molecule has 6 heteroatoms. The van der Waals surface area contributed by atoms with Crippen LogP contribution in [0, 0.1) is 0 Å². The Morgan fingerprint density at radius 2 is 1.89 bits per heavy atom. The third-order valence-electron chi connectivity index (χ3n) is 2.50. The molecule has 19 heavy (non-hydrogen) atoms. The fourth-order valence-corrected chi connectivity index (χ4v) is 2.32. The molecular formula is C13H18N2O3S. The number of carbonyl (C=O) groups excluding carboxylic acids is 2. The smallest absolute Gasteiger partial charge is 0.306 e. The molecular weight excluding hydrogens is 264 g/mol. The van der Waals surface area contributed by atoms with Crippen LogP contribution in [-0.2, 0) is 26.5 Å². The lowest BCUT2D eigenvalue weighted by Crippen LogP contribution is -2.31. The highest BCUT2D eigenvalue weighted by molar-refractivity contribution is 7.98. The van der Waals surface area contributed by atoms with E-state index in [-0.39, 0.29) is 18.3 Å². The summed E-state index contributed by atoms with van der Waals surface area (Å²) in [6.45, 7) is 0. The Morgan fingerprint density at radius 1 is 1.26 bits per heavy atom. The van der Waals surface area contributed by atoms with Crippen molar-refractivity contribution >= 4 is 23.6 Å². The van der Waals surface area contributed by atoms with Crippen molar-refractivity contribution < 1.29 is 14.3 Å². The van der Waals surface area contributed by atoms with Crippen LogP contribution in [0.2, 0.25) is 0 Å². The highest BCUT2D eigenvalue weighted by atomic mass is 32.2. The molecule has 0 radical (unpaired) electrons. The molecule has 0 aromatic heterocycles. The Balaban J connectivity index is 2.32. The zero-order valence-corrected chi connectivity index (χ0v) is 11.7. The van der Waals surface area contributed by atoms with E-state index >= 15 is 0 Å². The topological polar surface area (TPSA) is 81.4 Å². The lowest BCUT2D eigenvalue weighted by molar-refractivity contribution is -0.140. The Kier molecular flexibility index (Phi) is 6.99. The van der Waals surface area contributed by atoms with Gasteiger partial charge in [0.25, 0.3) is 0 Å². The standard InChI is InChI=1S/C13H18N2O3S/c1-18-13(17)6-7-19-9-11-4-2-10(3-5-11)8-12(16)15-14/h2-5H,6-9,14H2,1H3,(H,15,16). The van der Waals surface area contributed by atoms with E-state index in [1.165, 1.54) is 7.11 Å². The van der Waals surface area contributed by atoms with Crippen molar-refractivity contribution in [3.8, 4) is 0 Å². The maximum Gasteiger partial charge on any atom is 0.306 e. The summed E-state index contributed by atoms with van der Waals surface area (Å²) in [5.41, 5.74) is 4.18. The second-order valence-electron chi connectivity index (χ2n) is 3.94. The minimum absolute atomic E-state index is 0.185. The highest BCUT2D eigenvalue weighted by Crippen LogP contribution is 2.14. The van der Waals surface area contributed by atoms with Gasteiger partial charge in [-0.05, 0) is 11.1 Å². The van der Waals surface area contributed by atoms with Gasteiger partial charge in [0.15, 0.2) is 0 Å². The predicted molar refractivity (Wildman–Crippen MR) is 75.3 cm³/mol. The average Bonchev–Trinajstić information content (AvgIpc) is 2.44. The molecule has 1 rings (SSSR count). The molecule has 0 aliphatic carbocycles. The number of thioether (sulfide) groups is 1. The van der Waals surface area contributed by atoms with Crippen molar-refractivity contribution in [1.29, 1.82) is 0 Å². The van der Waals surface area contributed by atoms with E-state index in [4.69, 9.17) is 5.84 Å². The van der Waals surface area contributed by atoms with E-state index in [2.05, 4.69) is 10.2 Å². The normalized spacial score (nSPS) is 10.0. The molecule has 0 fully saturated rings. The minimum atomic E-state index is -0.208. The summed E-state index contributed by atoms with van der Waals surface area (Å²) in [5.74, 6) is 6.21. The van der Waals surface area contributed by atoms with Crippen LogP contribution in [0.5, 0.6) is 0 Å². The molecule has 0 spiro atoms. The van der Waals surface area contributed by atoms with Crippen molar-refractivity contribution in [1.82, 2.24) is 5.43 Å². The summed E-state index contributed by atoms with van der Waals surface area (Å²) in [7, 11) is 1.39. The Bertz CT molecular complexity index is 420. The van der Waals surface area contributed by atoms with Gasteiger partial charge in [0.1, 0.15) is 0 Å². The summed E-state index contributed by atoms with van der Waals surface area (Å²) in [6.07, 6.45) is 0.711. The molecule has 0 bridgehead atoms. The Morgan fingerprint density at radius 3 is 2.47 bits per heavy atom. The maximum atomic E-state index is 11.1. The highest BCUT2D eigenvalue weighted by Gasteiger charge is 2.02. The molecule has 0 atom stereocenters. The van der Waals surface area contributed by atoms with Gasteiger partial charge in [0.05, 0.1) is 20.0 Å². The first kappa shape index (κ1) is 15.5. The van der Waals surface area contributed by atoms with Gasteiger partial charge in [0.2, 0.25) is 5.91 Å². The molecule has 0 saturated carbocycles. The van der Waals surface area contributed by atoms with E-state index in [1.54, 1.807) is 11.8 Å². The van der Waals surface area contributed by atoms with Gasteiger partial charge in [-0.3, -0.25) is 15.0 Å². The number of methoxy groups -OCH3 is 1. The quantitative estimate of drug-likeness (QED) is 0.256. The lowest BCUT2D eigenvalue weighted by Gasteiger charge is -2.04. The van der Waals surface area contributed by atoms with E-state index in [0.717, 1.165) is 22.6 Å². The molecule has 3 N–H and O–H groups in total. The number of nitrogens with two attached hydrogens (primary N) is 1. The zero-order valence-electron chi connectivity index (χ0n) is 10.8. The molecule has 0 unspecified atom stereocenters. The maximum absolute atomic E-state index is 11.1. The van der Waals surface area contributed by atoms with Crippen molar-refractivity contribution in [3.05, 3.63) is 35.4 Å². The van der Waals surface area contributed by atoms with Crippen LogP contribution < -0.4 is 11.3 Å². The van der Waals surface area contributed by atoms with Crippen molar-refractivity contribution in [2.45, 2.75) is 18.6 Å². The summed E-state index contributed by atoms with van der Waals surface area (Å²) in [6, 6.07) is 7.77. The molecule has 0 aliphatic rings. The summed E-state index contributed by atoms with van der Waals surface area (Å²) < 4.78 is 4.57. The zero-order chi connectivity index (χ0) is 14.1. The number of carbonyl (C=O) groups is 2. The minimum Gasteiger partial charge on any atom is -0.469 e. The number of nitrogens with one attached hydrogen (secondary N) is 1. The molecule has 1 amide bonds. The fraction of sp³-hybridized carbons (Fsp3) is 0.385. The number of hydrogen-bond acceptors (Lipinski definition) is 5. The van der Waals surface area contributed by atoms with E-state index in [0.29, 0.717) is 6.42 Å². The second-order valence-corrected chi connectivity index (χ2v) is 5.04. The van der Waals surface area contributed by atoms with Crippen LogP contribution in [0.25, 0.3) is 0 Å². The molecule has 0 aliphatic heterocycles. The van der Waals surface area contributed by atoms with Crippen LogP contribution in [0.15, 0.2) is 24.3 Å². The van der Waals surface area contributed by atoms with Crippen molar-refractivity contribution in [3.63, 3.8) is 0 Å².